The smallest absolute Gasteiger partial charge is 0.265 e. The summed E-state index contributed by atoms with van der Waals surface area (Å²) in [4.78, 5) is 31.6. The van der Waals surface area contributed by atoms with E-state index in [1.165, 1.54) is 17.0 Å². The number of hydrogen-bond donors (Lipinski definition) is 1. The average Bonchev–Trinajstić information content (AvgIpc) is 3.07. The molecule has 0 saturated carbocycles. The number of likely N-dealkylation sites (tertiary alicyclic amines) is 1. The third-order valence-electron chi connectivity index (χ3n) is 5.73. The third-order valence-corrected chi connectivity index (χ3v) is 5.73. The lowest BCUT2D eigenvalue weighted by atomic mass is 9.96. The Balaban J connectivity index is 1.35. The van der Waals surface area contributed by atoms with Crippen LogP contribution in [0.25, 0.3) is 11.1 Å². The maximum absolute atomic E-state index is 13.4. The summed E-state index contributed by atoms with van der Waals surface area (Å²) in [7, 11) is 1.59. The Labute approximate surface area is 173 Å². The van der Waals surface area contributed by atoms with Gasteiger partial charge in [-0.1, -0.05) is 12.1 Å². The maximum Gasteiger partial charge on any atom is 0.265 e. The number of nitrogens with one attached hydrogen (secondary N) is 1. The zero-order valence-corrected chi connectivity index (χ0v) is 17.2. The molecule has 2 aromatic heterocycles. The van der Waals surface area contributed by atoms with E-state index in [1.807, 2.05) is 6.07 Å². The summed E-state index contributed by atoms with van der Waals surface area (Å²) in [6.07, 6.45) is 3.28. The third kappa shape index (κ3) is 4.14. The van der Waals surface area contributed by atoms with E-state index < -0.39 is 0 Å². The fourth-order valence-corrected chi connectivity index (χ4v) is 4.03. The van der Waals surface area contributed by atoms with Crippen molar-refractivity contribution in [2.45, 2.75) is 26.3 Å². The highest BCUT2D eigenvalue weighted by Gasteiger charge is 2.24. The molecular weight excluding hydrogens is 387 g/mol. The number of furan rings is 1. The van der Waals surface area contributed by atoms with Gasteiger partial charge in [0.05, 0.1) is 5.56 Å². The second-order valence-electron chi connectivity index (χ2n) is 7.93. The number of nitrogens with zero attached hydrogens (tertiary/aromatic N) is 3. The van der Waals surface area contributed by atoms with E-state index in [9.17, 15) is 14.0 Å². The molecule has 3 aromatic rings. The molecule has 8 heteroatoms. The van der Waals surface area contributed by atoms with Gasteiger partial charge in [-0.15, -0.1) is 0 Å². The van der Waals surface area contributed by atoms with Crippen molar-refractivity contribution < 1.29 is 13.6 Å². The topological polar surface area (TPSA) is 80.4 Å². The van der Waals surface area contributed by atoms with Crippen LogP contribution in [0.15, 0.2) is 39.8 Å². The monoisotopic (exact) mass is 412 g/mol. The van der Waals surface area contributed by atoms with Crippen molar-refractivity contribution in [3.8, 4) is 0 Å². The van der Waals surface area contributed by atoms with E-state index in [0.29, 0.717) is 18.2 Å². The van der Waals surface area contributed by atoms with Crippen LogP contribution >= 0.6 is 0 Å². The summed E-state index contributed by atoms with van der Waals surface area (Å²) in [6.45, 7) is 4.73. The fraction of sp³-hybridized carbons (Fsp3) is 0.409. The first-order valence-electron chi connectivity index (χ1n) is 10.1. The van der Waals surface area contributed by atoms with E-state index in [-0.39, 0.29) is 33.9 Å². The molecule has 0 atom stereocenters. The summed E-state index contributed by atoms with van der Waals surface area (Å²) in [5.41, 5.74) is 1.13. The van der Waals surface area contributed by atoms with Crippen molar-refractivity contribution in [2.75, 3.05) is 19.6 Å². The van der Waals surface area contributed by atoms with E-state index in [4.69, 9.17) is 4.42 Å². The zero-order valence-electron chi connectivity index (χ0n) is 17.2. The Bertz CT molecular complexity index is 1130. The fourth-order valence-electron chi connectivity index (χ4n) is 4.03. The molecular formula is C22H25FN4O3. The van der Waals surface area contributed by atoms with Gasteiger partial charge in [0.1, 0.15) is 23.3 Å². The number of carbonyl (C=O) groups excluding carboxylic acids is 1. The minimum Gasteiger partial charge on any atom is -0.442 e. The lowest BCUT2D eigenvalue weighted by Gasteiger charge is -2.32. The van der Waals surface area contributed by atoms with Gasteiger partial charge in [-0.05, 0) is 56.5 Å². The van der Waals surface area contributed by atoms with Crippen LogP contribution < -0.4 is 10.9 Å². The van der Waals surface area contributed by atoms with Crippen molar-refractivity contribution in [1.29, 1.82) is 0 Å². The van der Waals surface area contributed by atoms with Crippen molar-refractivity contribution >= 4 is 17.0 Å². The number of piperidine rings is 1. The minimum atomic E-state index is -0.307. The molecule has 1 aliphatic rings. The SMILES string of the molecule is Cc1oc2ncn(C)c(=O)c2c1C(=O)NCC1CCN(Cc2cccc(F)c2)CC1. The quantitative estimate of drug-likeness (QED) is 0.697. The molecule has 1 N–H and O–H groups in total. The number of aryl methyl sites for hydroxylation is 2. The summed E-state index contributed by atoms with van der Waals surface area (Å²) in [6, 6.07) is 6.70. The van der Waals surface area contributed by atoms with Gasteiger partial charge in [0.15, 0.2) is 0 Å². The molecule has 3 heterocycles. The second-order valence-corrected chi connectivity index (χ2v) is 7.93. The predicted octanol–water partition coefficient (Wildman–Crippen LogP) is 2.62. The molecule has 30 heavy (non-hydrogen) atoms. The Kier molecular flexibility index (Phi) is 5.67. The second kappa shape index (κ2) is 8.39. The number of carbonyl (C=O) groups is 1. The highest BCUT2D eigenvalue weighted by Crippen LogP contribution is 2.22. The van der Waals surface area contributed by atoms with E-state index in [1.54, 1.807) is 26.1 Å². The largest absolute Gasteiger partial charge is 0.442 e. The van der Waals surface area contributed by atoms with E-state index in [0.717, 1.165) is 38.0 Å². The highest BCUT2D eigenvalue weighted by atomic mass is 19.1. The lowest BCUT2D eigenvalue weighted by Crippen LogP contribution is -2.38. The number of aromatic nitrogens is 2. The average molecular weight is 412 g/mol. The van der Waals surface area contributed by atoms with Crippen LogP contribution in [0.5, 0.6) is 0 Å². The first-order valence-corrected chi connectivity index (χ1v) is 10.1. The Morgan fingerprint density at radius 2 is 2.10 bits per heavy atom. The van der Waals surface area contributed by atoms with Crippen LogP contribution in [-0.2, 0) is 13.6 Å². The molecule has 4 rings (SSSR count). The van der Waals surface area contributed by atoms with Crippen molar-refractivity contribution in [3.63, 3.8) is 0 Å². The molecule has 0 spiro atoms. The van der Waals surface area contributed by atoms with E-state index >= 15 is 0 Å². The van der Waals surface area contributed by atoms with Crippen molar-refractivity contribution in [3.05, 3.63) is 63.7 Å². The number of halogens is 1. The van der Waals surface area contributed by atoms with Gasteiger partial charge in [-0.25, -0.2) is 9.37 Å². The number of benzene rings is 1. The first kappa shape index (κ1) is 20.3. The molecule has 0 bridgehead atoms. The van der Waals surface area contributed by atoms with E-state index in [2.05, 4.69) is 15.2 Å². The van der Waals surface area contributed by atoms with Crippen LogP contribution in [-0.4, -0.2) is 40.0 Å². The molecule has 1 fully saturated rings. The van der Waals surface area contributed by atoms with Crippen LogP contribution in [0, 0.1) is 18.7 Å². The number of fused-ring (bicyclic) bond motifs is 1. The van der Waals surface area contributed by atoms with Crippen LogP contribution in [0.3, 0.4) is 0 Å². The van der Waals surface area contributed by atoms with Gasteiger partial charge < -0.3 is 14.3 Å². The van der Waals surface area contributed by atoms with Crippen molar-refractivity contribution in [2.24, 2.45) is 13.0 Å². The van der Waals surface area contributed by atoms with Gasteiger partial charge >= 0.3 is 0 Å². The number of hydrogen-bond acceptors (Lipinski definition) is 5. The highest BCUT2D eigenvalue weighted by molar-refractivity contribution is 6.06. The molecule has 0 radical (unpaired) electrons. The van der Waals surface area contributed by atoms with Gasteiger partial charge in [0, 0.05) is 20.1 Å². The van der Waals surface area contributed by atoms with Gasteiger partial charge in [-0.2, -0.15) is 0 Å². The maximum atomic E-state index is 13.4. The predicted molar refractivity (Wildman–Crippen MR) is 111 cm³/mol. The molecule has 1 aliphatic heterocycles. The normalized spacial score (nSPS) is 15.6. The number of rotatable bonds is 5. The minimum absolute atomic E-state index is 0.186. The molecule has 0 unspecified atom stereocenters. The molecule has 1 amide bonds. The van der Waals surface area contributed by atoms with Gasteiger partial charge in [-0.3, -0.25) is 14.5 Å². The molecule has 1 aromatic carbocycles. The molecule has 1 saturated heterocycles. The summed E-state index contributed by atoms with van der Waals surface area (Å²) in [5.74, 6) is 0.232. The number of amides is 1. The van der Waals surface area contributed by atoms with Gasteiger partial charge in [0.2, 0.25) is 5.71 Å². The summed E-state index contributed by atoms with van der Waals surface area (Å²) < 4.78 is 20.2. The molecule has 158 valence electrons. The van der Waals surface area contributed by atoms with Crippen LogP contribution in [0.2, 0.25) is 0 Å². The lowest BCUT2D eigenvalue weighted by molar-refractivity contribution is 0.0935. The zero-order chi connectivity index (χ0) is 21.3. The summed E-state index contributed by atoms with van der Waals surface area (Å²) >= 11 is 0. The first-order chi connectivity index (χ1) is 14.4. The van der Waals surface area contributed by atoms with Crippen LogP contribution in [0.4, 0.5) is 4.39 Å². The summed E-state index contributed by atoms with van der Waals surface area (Å²) in [5, 5.41) is 3.19. The van der Waals surface area contributed by atoms with Crippen LogP contribution in [0.1, 0.15) is 34.5 Å². The Morgan fingerprint density at radius 3 is 2.83 bits per heavy atom. The Hall–Kier alpha value is -3.00. The van der Waals surface area contributed by atoms with Crippen molar-refractivity contribution in [1.82, 2.24) is 19.8 Å². The standard InChI is InChI=1S/C22H25FN4O3/c1-14-18(19-21(30-14)25-13-26(2)22(19)29)20(28)24-11-15-6-8-27(9-7-15)12-16-4-3-5-17(23)10-16/h3-5,10,13,15H,6-9,11-12H2,1-2H3,(H,24,28). The molecule has 7 nitrogen and oxygen atoms in total. The van der Waals surface area contributed by atoms with Gasteiger partial charge in [0.25, 0.3) is 11.5 Å². The molecule has 0 aliphatic carbocycles. The Morgan fingerprint density at radius 1 is 1.33 bits per heavy atom.